The standard InChI is InChI=1S/C13H10ClNO4.CH2O/c14-13(15(18)19)7-6-10(8-11(13)12(16)17)9-4-2-1-3-5-9;1-2/h1-8,11H,(H,16,17);1H2. The first-order valence-electron chi connectivity index (χ1n) is 5.76. The lowest BCUT2D eigenvalue weighted by Crippen LogP contribution is -2.43. The Balaban J connectivity index is 0.00000106. The molecule has 1 aromatic rings. The number of carboxylic acid groups (broad SMARTS) is 1. The van der Waals surface area contributed by atoms with E-state index in [4.69, 9.17) is 21.5 Å². The zero-order valence-corrected chi connectivity index (χ0v) is 11.6. The number of carbonyl (C=O) groups excluding carboxylic acids is 1. The summed E-state index contributed by atoms with van der Waals surface area (Å²) in [6.07, 6.45) is 3.91. The Labute approximate surface area is 125 Å². The van der Waals surface area contributed by atoms with Crippen molar-refractivity contribution in [2.45, 2.75) is 5.00 Å². The molecule has 0 saturated heterocycles. The second-order valence-corrected chi connectivity index (χ2v) is 4.73. The summed E-state index contributed by atoms with van der Waals surface area (Å²) in [5.74, 6) is -2.74. The van der Waals surface area contributed by atoms with Crippen LogP contribution in [0, 0.1) is 16.0 Å². The number of hydrogen-bond donors (Lipinski definition) is 1. The topological polar surface area (TPSA) is 97.5 Å². The fourth-order valence-corrected chi connectivity index (χ4v) is 2.12. The van der Waals surface area contributed by atoms with Crippen molar-refractivity contribution < 1.29 is 19.6 Å². The van der Waals surface area contributed by atoms with Gasteiger partial charge in [0, 0.05) is 11.0 Å². The van der Waals surface area contributed by atoms with Crippen LogP contribution >= 0.6 is 11.6 Å². The Morgan fingerprint density at radius 1 is 1.33 bits per heavy atom. The highest BCUT2D eigenvalue weighted by Gasteiger charge is 2.51. The van der Waals surface area contributed by atoms with E-state index in [9.17, 15) is 14.9 Å². The average Bonchev–Trinajstić information content (AvgIpc) is 2.50. The molecule has 7 heteroatoms. The summed E-state index contributed by atoms with van der Waals surface area (Å²) >= 11 is 5.81. The van der Waals surface area contributed by atoms with Crippen LogP contribution in [0.15, 0.2) is 48.6 Å². The van der Waals surface area contributed by atoms with Gasteiger partial charge >= 0.3 is 11.0 Å². The summed E-state index contributed by atoms with van der Waals surface area (Å²) in [5.41, 5.74) is 1.39. The molecular weight excluding hydrogens is 298 g/mol. The fraction of sp³-hybridized carbons (Fsp3) is 0.143. The van der Waals surface area contributed by atoms with E-state index in [1.807, 2.05) is 12.9 Å². The lowest BCUT2D eigenvalue weighted by atomic mass is 9.88. The molecule has 2 rings (SSSR count). The number of nitro groups is 1. The Kier molecular flexibility index (Phi) is 5.37. The Hall–Kier alpha value is -2.47. The largest absolute Gasteiger partial charge is 0.481 e. The highest BCUT2D eigenvalue weighted by atomic mass is 35.5. The molecule has 2 atom stereocenters. The molecule has 0 bridgehead atoms. The Morgan fingerprint density at radius 2 is 1.90 bits per heavy atom. The molecule has 0 fully saturated rings. The van der Waals surface area contributed by atoms with Crippen LogP contribution in [-0.2, 0) is 9.59 Å². The van der Waals surface area contributed by atoms with Crippen molar-refractivity contribution in [3.63, 3.8) is 0 Å². The number of alkyl halides is 1. The molecule has 0 aliphatic heterocycles. The van der Waals surface area contributed by atoms with Gasteiger partial charge in [-0.2, -0.15) is 0 Å². The minimum absolute atomic E-state index is 0.603. The maximum absolute atomic E-state index is 11.2. The van der Waals surface area contributed by atoms with E-state index >= 15 is 0 Å². The first-order chi connectivity index (χ1) is 9.95. The van der Waals surface area contributed by atoms with Crippen molar-refractivity contribution in [3.8, 4) is 0 Å². The number of aliphatic carboxylic acids is 1. The predicted octanol–water partition coefficient (Wildman–Crippen LogP) is 2.37. The summed E-state index contributed by atoms with van der Waals surface area (Å²) in [6, 6.07) is 9.02. The predicted molar refractivity (Wildman–Crippen MR) is 77.4 cm³/mol. The van der Waals surface area contributed by atoms with Crippen LogP contribution in [-0.4, -0.2) is 27.8 Å². The third-order valence-electron chi connectivity index (χ3n) is 2.93. The smallest absolute Gasteiger partial charge is 0.330 e. The number of allylic oxidation sites excluding steroid dienone is 2. The average molecular weight is 310 g/mol. The van der Waals surface area contributed by atoms with Crippen LogP contribution in [0.2, 0.25) is 0 Å². The van der Waals surface area contributed by atoms with Crippen molar-refractivity contribution in [2.24, 2.45) is 5.92 Å². The van der Waals surface area contributed by atoms with Crippen LogP contribution in [0.1, 0.15) is 5.56 Å². The van der Waals surface area contributed by atoms with Crippen molar-refractivity contribution >= 4 is 29.9 Å². The van der Waals surface area contributed by atoms with E-state index in [1.165, 1.54) is 12.2 Å². The van der Waals surface area contributed by atoms with E-state index in [0.29, 0.717) is 5.57 Å². The van der Waals surface area contributed by atoms with Crippen LogP contribution in [0.4, 0.5) is 0 Å². The number of carbonyl (C=O) groups is 2. The summed E-state index contributed by atoms with van der Waals surface area (Å²) < 4.78 is 0. The lowest BCUT2D eigenvalue weighted by Gasteiger charge is -2.23. The minimum Gasteiger partial charge on any atom is -0.481 e. The molecule has 2 unspecified atom stereocenters. The molecule has 110 valence electrons. The Bertz CT molecular complexity index is 599. The normalized spacial score (nSPS) is 23.5. The molecule has 21 heavy (non-hydrogen) atoms. The maximum atomic E-state index is 11.2. The summed E-state index contributed by atoms with van der Waals surface area (Å²) in [5, 5.41) is 20.1. The van der Waals surface area contributed by atoms with Gasteiger partial charge in [0.15, 0.2) is 5.92 Å². The van der Waals surface area contributed by atoms with Crippen LogP contribution < -0.4 is 0 Å². The molecular formula is C14H12ClNO5. The first-order valence-corrected chi connectivity index (χ1v) is 6.14. The number of carboxylic acids is 1. The molecule has 0 amide bonds. The van der Waals surface area contributed by atoms with E-state index < -0.39 is 21.8 Å². The zero-order valence-electron chi connectivity index (χ0n) is 10.8. The van der Waals surface area contributed by atoms with Crippen molar-refractivity contribution in [2.75, 3.05) is 0 Å². The van der Waals surface area contributed by atoms with E-state index in [2.05, 4.69) is 0 Å². The zero-order chi connectivity index (χ0) is 16.0. The van der Waals surface area contributed by atoms with Crippen molar-refractivity contribution in [1.29, 1.82) is 0 Å². The van der Waals surface area contributed by atoms with Crippen LogP contribution in [0.5, 0.6) is 0 Å². The van der Waals surface area contributed by atoms with Crippen molar-refractivity contribution in [3.05, 3.63) is 64.2 Å². The number of halogens is 1. The Morgan fingerprint density at radius 3 is 2.38 bits per heavy atom. The van der Waals surface area contributed by atoms with Gasteiger partial charge in [-0.3, -0.25) is 14.9 Å². The maximum Gasteiger partial charge on any atom is 0.330 e. The second kappa shape index (κ2) is 6.81. The molecule has 0 saturated carbocycles. The monoisotopic (exact) mass is 309 g/mol. The number of nitrogens with zero attached hydrogens (tertiary/aromatic N) is 1. The molecule has 0 heterocycles. The second-order valence-electron chi connectivity index (χ2n) is 4.12. The minimum atomic E-state index is -2.13. The van der Waals surface area contributed by atoms with E-state index in [-0.39, 0.29) is 0 Å². The van der Waals surface area contributed by atoms with Crippen LogP contribution in [0.3, 0.4) is 0 Å². The molecule has 0 spiro atoms. The highest BCUT2D eigenvalue weighted by Crippen LogP contribution is 2.36. The SMILES string of the molecule is C=O.O=C(O)C1C=C(c2ccccc2)C=CC1(Cl)[N+](=O)[O-]. The molecule has 1 aliphatic carbocycles. The van der Waals surface area contributed by atoms with Gasteiger partial charge in [0.05, 0.1) is 0 Å². The highest BCUT2D eigenvalue weighted by molar-refractivity contribution is 6.26. The molecule has 6 nitrogen and oxygen atoms in total. The summed E-state index contributed by atoms with van der Waals surface area (Å²) in [6.45, 7) is 2.00. The van der Waals surface area contributed by atoms with Gasteiger partial charge in [-0.1, -0.05) is 42.5 Å². The number of hydrogen-bond acceptors (Lipinski definition) is 4. The van der Waals surface area contributed by atoms with Gasteiger partial charge in [0.1, 0.15) is 6.79 Å². The fourth-order valence-electron chi connectivity index (χ4n) is 1.90. The molecule has 0 radical (unpaired) electrons. The molecule has 1 aromatic carbocycles. The third kappa shape index (κ3) is 3.35. The van der Waals surface area contributed by atoms with Gasteiger partial charge < -0.3 is 9.90 Å². The van der Waals surface area contributed by atoms with E-state index in [1.54, 1.807) is 24.3 Å². The number of rotatable bonds is 3. The third-order valence-corrected chi connectivity index (χ3v) is 3.43. The van der Waals surface area contributed by atoms with Gasteiger partial charge in [-0.15, -0.1) is 0 Å². The number of benzene rings is 1. The van der Waals surface area contributed by atoms with E-state index in [0.717, 1.165) is 11.6 Å². The van der Waals surface area contributed by atoms with Crippen LogP contribution in [0.25, 0.3) is 5.57 Å². The summed E-state index contributed by atoms with van der Waals surface area (Å²) in [4.78, 5) is 27.2. The van der Waals surface area contributed by atoms with Gasteiger partial charge in [-0.05, 0) is 22.7 Å². The molecule has 1 aliphatic rings. The van der Waals surface area contributed by atoms with Gasteiger partial charge in [0.25, 0.3) is 0 Å². The summed E-state index contributed by atoms with van der Waals surface area (Å²) in [7, 11) is 0. The first kappa shape index (κ1) is 16.6. The lowest BCUT2D eigenvalue weighted by molar-refractivity contribution is -0.533. The quantitative estimate of drug-likeness (QED) is 0.400. The van der Waals surface area contributed by atoms with Crippen molar-refractivity contribution in [1.82, 2.24) is 0 Å². The van der Waals surface area contributed by atoms with Gasteiger partial charge in [-0.25, -0.2) is 0 Å². The molecule has 1 N–H and O–H groups in total. The van der Waals surface area contributed by atoms with Gasteiger partial charge in [0.2, 0.25) is 0 Å². The molecule has 0 aromatic heterocycles.